The van der Waals surface area contributed by atoms with Crippen LogP contribution in [0.4, 0.5) is 0 Å². The predicted octanol–water partition coefficient (Wildman–Crippen LogP) is 1.40. The molecule has 1 heterocycles. The molecular weight excluding hydrogens is 240 g/mol. The van der Waals surface area contributed by atoms with E-state index in [1.54, 1.807) is 0 Å². The van der Waals surface area contributed by atoms with Crippen LogP contribution in [-0.4, -0.2) is 37.0 Å². The van der Waals surface area contributed by atoms with Gasteiger partial charge >= 0.3 is 5.97 Å². The Kier molecular flexibility index (Phi) is 5.36. The predicted molar refractivity (Wildman–Crippen MR) is 74.5 cm³/mol. The van der Waals surface area contributed by atoms with Gasteiger partial charge in [0.2, 0.25) is 0 Å². The quantitative estimate of drug-likeness (QED) is 0.815. The Hall–Kier alpha value is -1.39. The van der Waals surface area contributed by atoms with Crippen molar-refractivity contribution in [2.45, 2.75) is 19.4 Å². The highest BCUT2D eigenvalue weighted by Crippen LogP contribution is 2.15. The molecule has 0 spiro atoms. The third-order valence-electron chi connectivity index (χ3n) is 3.64. The number of nitrogens with zero attached hydrogens (tertiary/aromatic N) is 1. The van der Waals surface area contributed by atoms with Gasteiger partial charge in [0.05, 0.1) is 6.54 Å². The molecule has 4 heteroatoms. The summed E-state index contributed by atoms with van der Waals surface area (Å²) < 4.78 is 5.28. The van der Waals surface area contributed by atoms with Gasteiger partial charge in [-0.1, -0.05) is 30.3 Å². The van der Waals surface area contributed by atoms with Gasteiger partial charge in [-0.25, -0.2) is 0 Å². The number of carbonyl (C=O) groups excluding carboxylic acids is 1. The average Bonchev–Trinajstić information content (AvgIpc) is 2.47. The van der Waals surface area contributed by atoms with Crippen LogP contribution in [0.3, 0.4) is 0 Å². The van der Waals surface area contributed by atoms with Gasteiger partial charge in [0.1, 0.15) is 6.61 Å². The van der Waals surface area contributed by atoms with Gasteiger partial charge in [0, 0.05) is 0 Å². The molecular formula is C15H22N2O2. The number of hydrogen-bond acceptors (Lipinski definition) is 4. The fraction of sp³-hybridized carbons (Fsp3) is 0.533. The van der Waals surface area contributed by atoms with Crippen LogP contribution in [0.2, 0.25) is 0 Å². The number of piperidine rings is 1. The zero-order valence-corrected chi connectivity index (χ0v) is 11.3. The van der Waals surface area contributed by atoms with Crippen molar-refractivity contribution in [2.75, 3.05) is 26.2 Å². The molecule has 104 valence electrons. The lowest BCUT2D eigenvalue weighted by molar-refractivity contribution is -0.146. The van der Waals surface area contributed by atoms with Crippen LogP contribution in [0.15, 0.2) is 30.3 Å². The highest BCUT2D eigenvalue weighted by atomic mass is 16.5. The van der Waals surface area contributed by atoms with Crippen LogP contribution in [0.5, 0.6) is 0 Å². The van der Waals surface area contributed by atoms with Gasteiger partial charge in [-0.05, 0) is 44.0 Å². The standard InChI is InChI=1S/C15H22N2O2/c16-10-13-6-8-17(9-7-13)11-15(18)19-12-14-4-2-1-3-5-14/h1-5,13H,6-12,16H2. The highest BCUT2D eigenvalue weighted by Gasteiger charge is 2.20. The summed E-state index contributed by atoms with van der Waals surface area (Å²) >= 11 is 0. The molecule has 0 aliphatic carbocycles. The van der Waals surface area contributed by atoms with E-state index in [2.05, 4.69) is 4.90 Å². The summed E-state index contributed by atoms with van der Waals surface area (Å²) in [7, 11) is 0. The molecule has 0 amide bonds. The first-order valence-corrected chi connectivity index (χ1v) is 6.90. The van der Waals surface area contributed by atoms with Crippen LogP contribution in [-0.2, 0) is 16.1 Å². The van der Waals surface area contributed by atoms with Crippen LogP contribution in [0.25, 0.3) is 0 Å². The Labute approximate surface area is 114 Å². The molecule has 19 heavy (non-hydrogen) atoms. The molecule has 0 atom stereocenters. The van der Waals surface area contributed by atoms with Crippen molar-refractivity contribution in [3.05, 3.63) is 35.9 Å². The lowest BCUT2D eigenvalue weighted by Gasteiger charge is -2.30. The van der Waals surface area contributed by atoms with Crippen LogP contribution >= 0.6 is 0 Å². The minimum atomic E-state index is -0.143. The minimum Gasteiger partial charge on any atom is -0.460 e. The maximum absolute atomic E-state index is 11.7. The fourth-order valence-electron chi connectivity index (χ4n) is 2.35. The maximum atomic E-state index is 11.7. The summed E-state index contributed by atoms with van der Waals surface area (Å²) in [6.45, 7) is 3.40. The van der Waals surface area contributed by atoms with Crippen molar-refractivity contribution in [1.29, 1.82) is 0 Å². The Morgan fingerprint density at radius 2 is 1.95 bits per heavy atom. The molecule has 1 aliphatic heterocycles. The van der Waals surface area contributed by atoms with Gasteiger partial charge < -0.3 is 10.5 Å². The van der Waals surface area contributed by atoms with E-state index in [0.717, 1.165) is 38.0 Å². The summed E-state index contributed by atoms with van der Waals surface area (Å²) in [5.74, 6) is 0.478. The van der Waals surface area contributed by atoms with Crippen LogP contribution in [0.1, 0.15) is 18.4 Å². The molecule has 4 nitrogen and oxygen atoms in total. The van der Waals surface area contributed by atoms with E-state index in [0.29, 0.717) is 19.1 Å². The molecule has 0 saturated carbocycles. The number of nitrogens with two attached hydrogens (primary N) is 1. The van der Waals surface area contributed by atoms with Crippen LogP contribution in [0, 0.1) is 5.92 Å². The van der Waals surface area contributed by atoms with E-state index < -0.39 is 0 Å². The fourth-order valence-corrected chi connectivity index (χ4v) is 2.35. The topological polar surface area (TPSA) is 55.6 Å². The van der Waals surface area contributed by atoms with E-state index in [1.807, 2.05) is 30.3 Å². The molecule has 1 aromatic rings. The molecule has 1 saturated heterocycles. The summed E-state index contributed by atoms with van der Waals surface area (Å²) in [5, 5.41) is 0. The summed E-state index contributed by atoms with van der Waals surface area (Å²) in [6.07, 6.45) is 2.17. The van der Waals surface area contributed by atoms with Crippen molar-refractivity contribution in [3.8, 4) is 0 Å². The number of esters is 1. The van der Waals surface area contributed by atoms with Crippen molar-refractivity contribution >= 4 is 5.97 Å². The lowest BCUT2D eigenvalue weighted by atomic mass is 9.97. The van der Waals surface area contributed by atoms with E-state index in [1.165, 1.54) is 0 Å². The Morgan fingerprint density at radius 3 is 2.58 bits per heavy atom. The molecule has 1 aromatic carbocycles. The van der Waals surface area contributed by atoms with Crippen molar-refractivity contribution < 1.29 is 9.53 Å². The summed E-state index contributed by atoms with van der Waals surface area (Å²) in [6, 6.07) is 9.76. The van der Waals surface area contributed by atoms with Gasteiger partial charge in [0.25, 0.3) is 0 Å². The van der Waals surface area contributed by atoms with Crippen LogP contribution < -0.4 is 5.73 Å². The molecule has 1 aliphatic rings. The first-order chi connectivity index (χ1) is 9.28. The normalized spacial score (nSPS) is 17.3. The number of rotatable bonds is 5. The molecule has 0 unspecified atom stereocenters. The van der Waals surface area contributed by atoms with Gasteiger partial charge in [-0.15, -0.1) is 0 Å². The third kappa shape index (κ3) is 4.65. The van der Waals surface area contributed by atoms with E-state index in [-0.39, 0.29) is 5.97 Å². The smallest absolute Gasteiger partial charge is 0.320 e. The molecule has 0 radical (unpaired) electrons. The molecule has 0 bridgehead atoms. The molecule has 1 fully saturated rings. The van der Waals surface area contributed by atoms with Crippen molar-refractivity contribution in [2.24, 2.45) is 11.7 Å². The maximum Gasteiger partial charge on any atom is 0.320 e. The number of carbonyl (C=O) groups is 1. The second kappa shape index (κ2) is 7.26. The first-order valence-electron chi connectivity index (χ1n) is 6.90. The van der Waals surface area contributed by atoms with Gasteiger partial charge in [-0.2, -0.15) is 0 Å². The SMILES string of the molecule is NCC1CCN(CC(=O)OCc2ccccc2)CC1. The number of ether oxygens (including phenoxy) is 1. The number of likely N-dealkylation sites (tertiary alicyclic amines) is 1. The highest BCUT2D eigenvalue weighted by molar-refractivity contribution is 5.71. The second-order valence-electron chi connectivity index (χ2n) is 5.10. The van der Waals surface area contributed by atoms with Crippen molar-refractivity contribution in [1.82, 2.24) is 4.90 Å². The van der Waals surface area contributed by atoms with E-state index >= 15 is 0 Å². The Bertz CT molecular complexity index is 386. The number of hydrogen-bond donors (Lipinski definition) is 1. The minimum absolute atomic E-state index is 0.143. The Morgan fingerprint density at radius 1 is 1.26 bits per heavy atom. The molecule has 0 aromatic heterocycles. The zero-order valence-electron chi connectivity index (χ0n) is 11.3. The molecule has 2 rings (SSSR count). The monoisotopic (exact) mass is 262 g/mol. The first kappa shape index (κ1) is 14.0. The van der Waals surface area contributed by atoms with Gasteiger partial charge in [0.15, 0.2) is 0 Å². The largest absolute Gasteiger partial charge is 0.460 e. The second-order valence-corrected chi connectivity index (χ2v) is 5.10. The van der Waals surface area contributed by atoms with E-state index in [4.69, 9.17) is 10.5 Å². The van der Waals surface area contributed by atoms with E-state index in [9.17, 15) is 4.79 Å². The lowest BCUT2D eigenvalue weighted by Crippen LogP contribution is -2.39. The Balaban J connectivity index is 1.67. The van der Waals surface area contributed by atoms with Gasteiger partial charge in [-0.3, -0.25) is 9.69 Å². The average molecular weight is 262 g/mol. The summed E-state index contributed by atoms with van der Waals surface area (Å²) in [4.78, 5) is 13.9. The number of benzene rings is 1. The zero-order chi connectivity index (χ0) is 13.5. The summed E-state index contributed by atoms with van der Waals surface area (Å²) in [5.41, 5.74) is 6.68. The molecule has 2 N–H and O–H groups in total. The van der Waals surface area contributed by atoms with Crippen molar-refractivity contribution in [3.63, 3.8) is 0 Å². The third-order valence-corrected chi connectivity index (χ3v) is 3.64.